The predicted octanol–water partition coefficient (Wildman–Crippen LogP) is 3.52. The second-order valence-corrected chi connectivity index (χ2v) is 6.11. The van der Waals surface area contributed by atoms with Crippen molar-refractivity contribution in [1.82, 2.24) is 0 Å². The van der Waals surface area contributed by atoms with Gasteiger partial charge in [0.2, 0.25) is 0 Å². The lowest BCUT2D eigenvalue weighted by Crippen LogP contribution is -2.38. The summed E-state index contributed by atoms with van der Waals surface area (Å²) in [6.07, 6.45) is 10.3. The number of hydrogen-bond acceptors (Lipinski definition) is 1. The minimum Gasteiger partial charge on any atom is -0.371 e. The molecule has 14 heavy (non-hydrogen) atoms. The Labute approximate surface area is 87.2 Å². The molecule has 2 unspecified atom stereocenters. The zero-order chi connectivity index (χ0) is 9.81. The quantitative estimate of drug-likeness (QED) is 0.653. The minimum atomic E-state index is 0.378. The third-order valence-corrected chi connectivity index (χ3v) is 4.78. The minimum absolute atomic E-state index is 0.378. The molecule has 3 rings (SSSR count). The Hall–Kier alpha value is -0.0400. The van der Waals surface area contributed by atoms with E-state index in [1.54, 1.807) is 0 Å². The van der Waals surface area contributed by atoms with E-state index in [0.29, 0.717) is 11.7 Å². The molecule has 1 heterocycles. The molecule has 0 radical (unpaired) electrons. The van der Waals surface area contributed by atoms with Crippen molar-refractivity contribution in [1.29, 1.82) is 0 Å². The highest BCUT2D eigenvalue weighted by atomic mass is 16.5. The Kier molecular flexibility index (Phi) is 1.81. The SMILES string of the molecule is CCC(C)C1CC2(CC2)CC2(CC2)O1. The second-order valence-electron chi connectivity index (χ2n) is 6.11. The van der Waals surface area contributed by atoms with Crippen LogP contribution in [0.25, 0.3) is 0 Å². The topological polar surface area (TPSA) is 9.23 Å². The van der Waals surface area contributed by atoms with Crippen molar-refractivity contribution in [2.75, 3.05) is 0 Å². The van der Waals surface area contributed by atoms with Crippen molar-refractivity contribution in [3.8, 4) is 0 Å². The number of rotatable bonds is 2. The fourth-order valence-electron chi connectivity index (χ4n) is 3.16. The van der Waals surface area contributed by atoms with Crippen molar-refractivity contribution in [2.24, 2.45) is 11.3 Å². The van der Waals surface area contributed by atoms with E-state index in [9.17, 15) is 0 Å². The van der Waals surface area contributed by atoms with Crippen LogP contribution in [0.15, 0.2) is 0 Å². The van der Waals surface area contributed by atoms with Crippen molar-refractivity contribution in [2.45, 2.75) is 70.5 Å². The summed E-state index contributed by atoms with van der Waals surface area (Å²) in [6, 6.07) is 0. The molecule has 0 aromatic rings. The van der Waals surface area contributed by atoms with Crippen LogP contribution < -0.4 is 0 Å². The van der Waals surface area contributed by atoms with Crippen LogP contribution in [0.1, 0.15) is 58.8 Å². The van der Waals surface area contributed by atoms with E-state index in [-0.39, 0.29) is 0 Å². The van der Waals surface area contributed by atoms with Gasteiger partial charge in [-0.2, -0.15) is 0 Å². The first-order chi connectivity index (χ1) is 6.67. The van der Waals surface area contributed by atoms with Crippen LogP contribution in [0.3, 0.4) is 0 Å². The summed E-state index contributed by atoms with van der Waals surface area (Å²) in [5.74, 6) is 0.769. The molecule has 3 aliphatic rings. The molecule has 1 heteroatoms. The molecule has 1 saturated heterocycles. The third-order valence-electron chi connectivity index (χ3n) is 4.78. The molecule has 2 aliphatic carbocycles. The Morgan fingerprint density at radius 3 is 2.50 bits per heavy atom. The Morgan fingerprint density at radius 1 is 1.29 bits per heavy atom. The van der Waals surface area contributed by atoms with Crippen molar-refractivity contribution in [3.05, 3.63) is 0 Å². The number of hydrogen-bond donors (Lipinski definition) is 0. The molecule has 2 spiro atoms. The lowest BCUT2D eigenvalue weighted by Gasteiger charge is -2.39. The van der Waals surface area contributed by atoms with E-state index >= 15 is 0 Å². The van der Waals surface area contributed by atoms with Gasteiger partial charge in [0.25, 0.3) is 0 Å². The average molecular weight is 194 g/mol. The van der Waals surface area contributed by atoms with E-state index in [4.69, 9.17) is 4.74 Å². The van der Waals surface area contributed by atoms with Crippen molar-refractivity contribution in [3.63, 3.8) is 0 Å². The molecule has 3 fully saturated rings. The van der Waals surface area contributed by atoms with Gasteiger partial charge in [-0.15, -0.1) is 0 Å². The average Bonchev–Trinajstić information content (AvgIpc) is 3.07. The van der Waals surface area contributed by atoms with Crippen LogP contribution in [-0.4, -0.2) is 11.7 Å². The van der Waals surface area contributed by atoms with Gasteiger partial charge in [-0.25, -0.2) is 0 Å². The maximum Gasteiger partial charge on any atom is 0.0693 e. The van der Waals surface area contributed by atoms with Crippen LogP contribution in [0.4, 0.5) is 0 Å². The second kappa shape index (κ2) is 2.75. The summed E-state index contributed by atoms with van der Waals surface area (Å²) in [5.41, 5.74) is 1.13. The monoisotopic (exact) mass is 194 g/mol. The highest BCUT2D eigenvalue weighted by Crippen LogP contribution is 2.64. The van der Waals surface area contributed by atoms with E-state index in [1.165, 1.54) is 44.9 Å². The summed E-state index contributed by atoms with van der Waals surface area (Å²) in [7, 11) is 0. The molecule has 1 aliphatic heterocycles. The van der Waals surface area contributed by atoms with Gasteiger partial charge in [0.05, 0.1) is 11.7 Å². The molecular formula is C13H22O. The predicted molar refractivity (Wildman–Crippen MR) is 57.2 cm³/mol. The summed E-state index contributed by atoms with van der Waals surface area (Å²) < 4.78 is 6.31. The van der Waals surface area contributed by atoms with E-state index < -0.39 is 0 Å². The molecule has 2 atom stereocenters. The van der Waals surface area contributed by atoms with Gasteiger partial charge in [-0.1, -0.05) is 20.3 Å². The van der Waals surface area contributed by atoms with Crippen molar-refractivity contribution < 1.29 is 4.74 Å². The van der Waals surface area contributed by atoms with Gasteiger partial charge in [-0.3, -0.25) is 0 Å². The lowest BCUT2D eigenvalue weighted by molar-refractivity contribution is -0.116. The summed E-state index contributed by atoms with van der Waals surface area (Å²) in [5, 5.41) is 0. The van der Waals surface area contributed by atoms with Gasteiger partial charge >= 0.3 is 0 Å². The smallest absolute Gasteiger partial charge is 0.0693 e. The molecule has 0 N–H and O–H groups in total. The fraction of sp³-hybridized carbons (Fsp3) is 1.00. The van der Waals surface area contributed by atoms with E-state index in [1.807, 2.05) is 0 Å². The molecule has 0 bridgehead atoms. The lowest BCUT2D eigenvalue weighted by atomic mass is 9.82. The van der Waals surface area contributed by atoms with Crippen LogP contribution >= 0.6 is 0 Å². The van der Waals surface area contributed by atoms with Crippen molar-refractivity contribution >= 4 is 0 Å². The Morgan fingerprint density at radius 2 is 2.00 bits per heavy atom. The zero-order valence-electron chi connectivity index (χ0n) is 9.51. The van der Waals surface area contributed by atoms with E-state index in [2.05, 4.69) is 13.8 Å². The maximum atomic E-state index is 6.31. The summed E-state index contributed by atoms with van der Waals surface area (Å²) in [6.45, 7) is 4.66. The van der Waals surface area contributed by atoms with Crippen LogP contribution in [-0.2, 0) is 4.74 Å². The molecule has 0 aromatic carbocycles. The van der Waals surface area contributed by atoms with Crippen LogP contribution in [0.2, 0.25) is 0 Å². The number of ether oxygens (including phenoxy) is 1. The van der Waals surface area contributed by atoms with E-state index in [0.717, 1.165) is 11.3 Å². The van der Waals surface area contributed by atoms with Gasteiger partial charge in [0.15, 0.2) is 0 Å². The molecule has 2 saturated carbocycles. The largest absolute Gasteiger partial charge is 0.371 e. The van der Waals surface area contributed by atoms with Crippen LogP contribution in [0, 0.1) is 11.3 Å². The normalized spacial score (nSPS) is 38.6. The maximum absolute atomic E-state index is 6.31. The molecule has 0 amide bonds. The summed E-state index contributed by atoms with van der Waals surface area (Å²) in [4.78, 5) is 0. The third kappa shape index (κ3) is 1.41. The van der Waals surface area contributed by atoms with Gasteiger partial charge in [0, 0.05) is 0 Å². The van der Waals surface area contributed by atoms with Gasteiger partial charge in [0.1, 0.15) is 0 Å². The molecule has 1 nitrogen and oxygen atoms in total. The van der Waals surface area contributed by atoms with Gasteiger partial charge < -0.3 is 4.74 Å². The first kappa shape index (κ1) is 9.21. The molecule has 0 aromatic heterocycles. The van der Waals surface area contributed by atoms with Gasteiger partial charge in [-0.05, 0) is 49.9 Å². The van der Waals surface area contributed by atoms with Crippen LogP contribution in [0.5, 0.6) is 0 Å². The highest BCUT2D eigenvalue weighted by molar-refractivity contribution is 5.10. The fourth-order valence-corrected chi connectivity index (χ4v) is 3.16. The Bertz CT molecular complexity index is 218. The Balaban J connectivity index is 1.74. The standard InChI is InChI=1S/C13H22O/c1-3-10(2)11-8-12(4-5-12)9-13(14-11)6-7-13/h10-11H,3-9H2,1-2H3. The summed E-state index contributed by atoms with van der Waals surface area (Å²) >= 11 is 0. The highest BCUT2D eigenvalue weighted by Gasteiger charge is 2.60. The first-order valence-electron chi connectivity index (χ1n) is 6.35. The first-order valence-corrected chi connectivity index (χ1v) is 6.35. The zero-order valence-corrected chi connectivity index (χ0v) is 9.51. The molecular weight excluding hydrogens is 172 g/mol. The molecule has 80 valence electrons.